The van der Waals surface area contributed by atoms with E-state index >= 15 is 0 Å². The number of hydrogen-bond donors (Lipinski definition) is 2. The fraction of sp³-hybridized carbons (Fsp3) is 1.00. The Labute approximate surface area is 41.5 Å². The molecular formula is C4H8O3. The molecule has 1 rings (SSSR count). The Morgan fingerprint density at radius 2 is 2.29 bits per heavy atom. The van der Waals surface area contributed by atoms with Gasteiger partial charge in [0.05, 0.1) is 0 Å². The van der Waals surface area contributed by atoms with Crippen LogP contribution in [0.4, 0.5) is 0 Å². The summed E-state index contributed by atoms with van der Waals surface area (Å²) in [5.74, 6) is -1.19. The van der Waals surface area contributed by atoms with Gasteiger partial charge in [0.1, 0.15) is 0 Å². The molecule has 0 aromatic rings. The molecule has 0 amide bonds. The van der Waals surface area contributed by atoms with Crippen LogP contribution in [0.15, 0.2) is 0 Å². The number of epoxide rings is 1. The molecule has 7 heavy (non-hydrogen) atoms. The third-order valence-electron chi connectivity index (χ3n) is 1.15. The molecule has 1 aliphatic heterocycles. The second kappa shape index (κ2) is 1.18. The summed E-state index contributed by atoms with van der Waals surface area (Å²) in [5, 5.41) is 17.1. The van der Waals surface area contributed by atoms with Gasteiger partial charge in [0.2, 0.25) is 12.1 Å². The minimum Gasteiger partial charge on any atom is -0.364 e. The Morgan fingerprint density at radius 1 is 1.86 bits per heavy atom. The van der Waals surface area contributed by atoms with Crippen LogP contribution in [-0.4, -0.2) is 22.3 Å². The van der Waals surface area contributed by atoms with Crippen molar-refractivity contribution in [1.82, 2.24) is 0 Å². The molecule has 0 aromatic heterocycles. The van der Waals surface area contributed by atoms with Crippen LogP contribution >= 0.6 is 0 Å². The lowest BCUT2D eigenvalue weighted by molar-refractivity contribution is 0.0323. The maximum Gasteiger partial charge on any atom is 0.220 e. The van der Waals surface area contributed by atoms with Crippen molar-refractivity contribution in [2.75, 3.05) is 0 Å². The summed E-state index contributed by atoms with van der Waals surface area (Å²) in [4.78, 5) is 0. The van der Waals surface area contributed by atoms with Crippen molar-refractivity contribution in [3.8, 4) is 0 Å². The standard InChI is InChI=1S/C4H8O3/c1-2-4(6)3(5)7-4/h3,5-6H,2H2,1H3. The van der Waals surface area contributed by atoms with Crippen molar-refractivity contribution in [2.24, 2.45) is 0 Å². The van der Waals surface area contributed by atoms with Crippen LogP contribution in [0, 0.1) is 0 Å². The van der Waals surface area contributed by atoms with Crippen molar-refractivity contribution in [3.63, 3.8) is 0 Å². The van der Waals surface area contributed by atoms with Crippen LogP contribution in [0.5, 0.6) is 0 Å². The minimum absolute atomic E-state index is 0.453. The van der Waals surface area contributed by atoms with E-state index in [9.17, 15) is 0 Å². The van der Waals surface area contributed by atoms with Gasteiger partial charge in [-0.05, 0) is 0 Å². The molecule has 0 aliphatic carbocycles. The van der Waals surface area contributed by atoms with Crippen LogP contribution in [-0.2, 0) is 4.74 Å². The van der Waals surface area contributed by atoms with E-state index in [0.29, 0.717) is 6.42 Å². The van der Waals surface area contributed by atoms with Crippen molar-refractivity contribution >= 4 is 0 Å². The van der Waals surface area contributed by atoms with Crippen LogP contribution < -0.4 is 0 Å². The Kier molecular flexibility index (Phi) is 0.849. The highest BCUT2D eigenvalue weighted by Gasteiger charge is 2.53. The van der Waals surface area contributed by atoms with Gasteiger partial charge in [-0.15, -0.1) is 0 Å². The summed E-state index contributed by atoms with van der Waals surface area (Å²) in [6.45, 7) is 1.75. The lowest BCUT2D eigenvalue weighted by atomic mass is 10.3. The lowest BCUT2D eigenvalue weighted by Crippen LogP contribution is -2.10. The van der Waals surface area contributed by atoms with Gasteiger partial charge >= 0.3 is 0 Å². The maximum atomic E-state index is 8.73. The number of ether oxygens (including phenoxy) is 1. The van der Waals surface area contributed by atoms with E-state index in [4.69, 9.17) is 10.2 Å². The van der Waals surface area contributed by atoms with E-state index in [1.807, 2.05) is 0 Å². The zero-order valence-corrected chi connectivity index (χ0v) is 4.09. The highest BCUT2D eigenvalue weighted by atomic mass is 16.8. The molecule has 1 fully saturated rings. The molecule has 2 atom stereocenters. The molecule has 3 nitrogen and oxygen atoms in total. The van der Waals surface area contributed by atoms with Gasteiger partial charge in [-0.2, -0.15) is 0 Å². The Hall–Kier alpha value is -0.120. The predicted octanol–water partition coefficient (Wildman–Crippen LogP) is -0.566. The fourth-order valence-electron chi connectivity index (χ4n) is 0.417. The first-order valence-corrected chi connectivity index (χ1v) is 2.27. The number of aliphatic hydroxyl groups is 2. The highest BCUT2D eigenvalue weighted by molar-refractivity contribution is 4.81. The number of hydrogen-bond acceptors (Lipinski definition) is 3. The van der Waals surface area contributed by atoms with E-state index in [-0.39, 0.29) is 0 Å². The third kappa shape index (κ3) is 0.627. The van der Waals surface area contributed by atoms with E-state index in [2.05, 4.69) is 4.74 Å². The first-order valence-electron chi connectivity index (χ1n) is 2.27. The van der Waals surface area contributed by atoms with E-state index in [1.165, 1.54) is 0 Å². The second-order valence-electron chi connectivity index (χ2n) is 1.67. The Balaban J connectivity index is 2.36. The van der Waals surface area contributed by atoms with E-state index in [1.54, 1.807) is 6.92 Å². The molecule has 1 aliphatic rings. The lowest BCUT2D eigenvalue weighted by Gasteiger charge is -1.92. The van der Waals surface area contributed by atoms with Gasteiger partial charge in [0.25, 0.3) is 0 Å². The van der Waals surface area contributed by atoms with E-state index in [0.717, 1.165) is 0 Å². The molecule has 0 bridgehead atoms. The van der Waals surface area contributed by atoms with Gasteiger partial charge in [0, 0.05) is 6.42 Å². The molecule has 0 aromatic carbocycles. The molecule has 42 valence electrons. The van der Waals surface area contributed by atoms with Crippen LogP contribution in [0.1, 0.15) is 13.3 Å². The molecule has 1 heterocycles. The maximum absolute atomic E-state index is 8.73. The van der Waals surface area contributed by atoms with Crippen LogP contribution in [0.25, 0.3) is 0 Å². The highest BCUT2D eigenvalue weighted by Crippen LogP contribution is 2.33. The smallest absolute Gasteiger partial charge is 0.220 e. The summed E-state index contributed by atoms with van der Waals surface area (Å²) in [6.07, 6.45) is -0.480. The van der Waals surface area contributed by atoms with Gasteiger partial charge in [-0.1, -0.05) is 6.92 Å². The zero-order chi connectivity index (χ0) is 5.49. The van der Waals surface area contributed by atoms with Crippen LogP contribution in [0.2, 0.25) is 0 Å². The van der Waals surface area contributed by atoms with Crippen molar-refractivity contribution in [2.45, 2.75) is 25.4 Å². The molecule has 0 saturated carbocycles. The normalized spacial score (nSPS) is 49.3. The van der Waals surface area contributed by atoms with Gasteiger partial charge < -0.3 is 14.9 Å². The minimum atomic E-state index is -1.19. The van der Waals surface area contributed by atoms with E-state index < -0.39 is 12.1 Å². The molecule has 0 radical (unpaired) electrons. The zero-order valence-electron chi connectivity index (χ0n) is 4.09. The number of aliphatic hydroxyl groups excluding tert-OH is 1. The first kappa shape index (κ1) is 5.03. The topological polar surface area (TPSA) is 53.0 Å². The first-order chi connectivity index (χ1) is 3.19. The summed E-state index contributed by atoms with van der Waals surface area (Å²) < 4.78 is 4.36. The average Bonchev–Trinajstić information content (AvgIpc) is 2.18. The van der Waals surface area contributed by atoms with Gasteiger partial charge in [-0.3, -0.25) is 0 Å². The molecule has 0 spiro atoms. The molecule has 2 unspecified atom stereocenters. The summed E-state index contributed by atoms with van der Waals surface area (Å²) in [7, 11) is 0. The predicted molar refractivity (Wildman–Crippen MR) is 22.3 cm³/mol. The SMILES string of the molecule is CCC1(O)OC1O. The van der Waals surface area contributed by atoms with Crippen molar-refractivity contribution in [3.05, 3.63) is 0 Å². The number of rotatable bonds is 1. The molecule has 1 saturated heterocycles. The van der Waals surface area contributed by atoms with Crippen LogP contribution in [0.3, 0.4) is 0 Å². The Morgan fingerprint density at radius 3 is 2.29 bits per heavy atom. The van der Waals surface area contributed by atoms with Gasteiger partial charge in [0.15, 0.2) is 0 Å². The third-order valence-corrected chi connectivity index (χ3v) is 1.15. The Bertz CT molecular complexity index is 79.0. The largest absolute Gasteiger partial charge is 0.364 e. The average molecular weight is 104 g/mol. The monoisotopic (exact) mass is 104 g/mol. The summed E-state index contributed by atoms with van der Waals surface area (Å²) in [5.41, 5.74) is 0. The molecular weight excluding hydrogens is 96.0 g/mol. The molecule has 3 heteroatoms. The fourth-order valence-corrected chi connectivity index (χ4v) is 0.417. The van der Waals surface area contributed by atoms with Crippen molar-refractivity contribution < 1.29 is 14.9 Å². The van der Waals surface area contributed by atoms with Crippen molar-refractivity contribution in [1.29, 1.82) is 0 Å². The molecule has 2 N–H and O–H groups in total. The quantitative estimate of drug-likeness (QED) is 0.438. The van der Waals surface area contributed by atoms with Gasteiger partial charge in [-0.25, -0.2) is 0 Å². The second-order valence-corrected chi connectivity index (χ2v) is 1.67. The summed E-state index contributed by atoms with van der Waals surface area (Å²) in [6, 6.07) is 0. The summed E-state index contributed by atoms with van der Waals surface area (Å²) >= 11 is 0.